The van der Waals surface area contributed by atoms with Crippen LogP contribution in [0.15, 0.2) is 24.3 Å². The van der Waals surface area contributed by atoms with Gasteiger partial charge in [0.15, 0.2) is 0 Å². The van der Waals surface area contributed by atoms with Gasteiger partial charge in [-0.1, -0.05) is 19.1 Å². The van der Waals surface area contributed by atoms with E-state index in [1.54, 1.807) is 0 Å². The molecule has 2 rings (SSSR count). The van der Waals surface area contributed by atoms with Crippen LogP contribution in [-0.2, 0) is 0 Å². The van der Waals surface area contributed by atoms with Crippen LogP contribution >= 0.6 is 0 Å². The van der Waals surface area contributed by atoms with Gasteiger partial charge in [-0.05, 0) is 30.7 Å². The van der Waals surface area contributed by atoms with Crippen molar-refractivity contribution in [3.8, 4) is 11.4 Å². The maximum Gasteiger partial charge on any atom is 0.204 e. The highest BCUT2D eigenvalue weighted by Crippen LogP contribution is 2.19. The molecule has 2 aromatic rings. The summed E-state index contributed by atoms with van der Waals surface area (Å²) in [6.07, 6.45) is 1.09. The summed E-state index contributed by atoms with van der Waals surface area (Å²) in [5, 5.41) is 17.3. The molecule has 0 spiro atoms. The number of aromatic nitrogens is 4. The molecule has 1 aromatic carbocycles. The van der Waals surface area contributed by atoms with Crippen LogP contribution in [0, 0.1) is 0 Å². The van der Waals surface area contributed by atoms with E-state index in [2.05, 4.69) is 39.8 Å². The van der Waals surface area contributed by atoms with Gasteiger partial charge in [-0.15, -0.1) is 10.2 Å². The van der Waals surface area contributed by atoms with Crippen molar-refractivity contribution in [2.75, 3.05) is 5.32 Å². The molecule has 0 fully saturated rings. The van der Waals surface area contributed by atoms with E-state index in [0.717, 1.165) is 17.7 Å². The topological polar surface area (TPSA) is 66.5 Å². The number of H-pyrrole nitrogens is 1. The van der Waals surface area contributed by atoms with Crippen LogP contribution in [0.5, 0.6) is 0 Å². The third-order valence-electron chi connectivity index (χ3n) is 2.49. The van der Waals surface area contributed by atoms with Crippen LogP contribution in [0.1, 0.15) is 20.3 Å². The lowest BCUT2D eigenvalue weighted by Crippen LogP contribution is -2.13. The summed E-state index contributed by atoms with van der Waals surface area (Å²) in [6, 6.07) is 8.47. The van der Waals surface area contributed by atoms with E-state index in [-0.39, 0.29) is 0 Å². The van der Waals surface area contributed by atoms with Crippen LogP contribution < -0.4 is 5.32 Å². The van der Waals surface area contributed by atoms with E-state index >= 15 is 0 Å². The second-order valence-corrected chi connectivity index (χ2v) is 3.77. The van der Waals surface area contributed by atoms with Crippen LogP contribution in [0.25, 0.3) is 11.4 Å². The third kappa shape index (κ3) is 2.36. The summed E-state index contributed by atoms with van der Waals surface area (Å²) in [5.41, 5.74) is 2.04. The van der Waals surface area contributed by atoms with Crippen molar-refractivity contribution in [2.24, 2.45) is 0 Å². The van der Waals surface area contributed by atoms with Gasteiger partial charge in [-0.3, -0.25) is 0 Å². The zero-order valence-electron chi connectivity index (χ0n) is 9.44. The molecule has 2 N–H and O–H groups in total. The molecule has 0 bridgehead atoms. The molecule has 0 saturated carbocycles. The Labute approximate surface area is 94.3 Å². The second-order valence-electron chi connectivity index (χ2n) is 3.77. The van der Waals surface area contributed by atoms with Crippen molar-refractivity contribution in [1.82, 2.24) is 20.6 Å². The molecule has 0 aliphatic heterocycles. The first-order valence-corrected chi connectivity index (χ1v) is 5.40. The molecule has 5 heteroatoms. The van der Waals surface area contributed by atoms with Gasteiger partial charge in [-0.25, -0.2) is 0 Å². The van der Waals surface area contributed by atoms with E-state index < -0.39 is 0 Å². The standard InChI is InChI=1S/C11H15N5/c1-3-8(2)12-10-6-4-5-9(7-10)11-13-15-16-14-11/h4-8,12H,3H2,1-2H3,(H,13,14,15,16). The van der Waals surface area contributed by atoms with Crippen LogP contribution in [0.4, 0.5) is 5.69 Å². The van der Waals surface area contributed by atoms with Crippen molar-refractivity contribution in [2.45, 2.75) is 26.3 Å². The summed E-state index contributed by atoms with van der Waals surface area (Å²) in [5.74, 6) is 0.618. The lowest BCUT2D eigenvalue weighted by Gasteiger charge is -2.13. The fraction of sp³-hybridized carbons (Fsp3) is 0.364. The molecule has 16 heavy (non-hydrogen) atoms. The Morgan fingerprint density at radius 2 is 2.31 bits per heavy atom. The number of anilines is 1. The molecule has 1 aromatic heterocycles. The summed E-state index contributed by atoms with van der Waals surface area (Å²) >= 11 is 0. The van der Waals surface area contributed by atoms with Crippen LogP contribution in [0.2, 0.25) is 0 Å². The Balaban J connectivity index is 2.20. The fourth-order valence-corrected chi connectivity index (χ4v) is 1.42. The lowest BCUT2D eigenvalue weighted by atomic mass is 10.1. The minimum absolute atomic E-state index is 0.459. The van der Waals surface area contributed by atoms with Gasteiger partial charge in [0.2, 0.25) is 5.82 Å². The maximum absolute atomic E-state index is 3.95. The van der Waals surface area contributed by atoms with Gasteiger partial charge in [0, 0.05) is 17.3 Å². The van der Waals surface area contributed by atoms with E-state index in [1.165, 1.54) is 0 Å². The van der Waals surface area contributed by atoms with Gasteiger partial charge in [-0.2, -0.15) is 5.21 Å². The number of aromatic amines is 1. The minimum atomic E-state index is 0.459. The zero-order chi connectivity index (χ0) is 11.4. The number of tetrazole rings is 1. The van der Waals surface area contributed by atoms with Crippen molar-refractivity contribution in [3.05, 3.63) is 24.3 Å². The molecule has 0 aliphatic rings. The molecule has 1 atom stereocenters. The zero-order valence-corrected chi connectivity index (χ0v) is 9.44. The Bertz CT molecular complexity index is 437. The number of hydrogen-bond acceptors (Lipinski definition) is 4. The van der Waals surface area contributed by atoms with Gasteiger partial charge in [0.1, 0.15) is 0 Å². The number of nitrogens with zero attached hydrogens (tertiary/aromatic N) is 3. The molecule has 0 radical (unpaired) electrons. The monoisotopic (exact) mass is 217 g/mol. The first kappa shape index (κ1) is 10.6. The molecular formula is C11H15N5. The number of hydrogen-bond donors (Lipinski definition) is 2. The number of benzene rings is 1. The second kappa shape index (κ2) is 4.74. The predicted octanol–water partition coefficient (Wildman–Crippen LogP) is 2.08. The number of nitrogens with one attached hydrogen (secondary N) is 2. The minimum Gasteiger partial charge on any atom is -0.383 e. The van der Waals surface area contributed by atoms with Gasteiger partial charge in [0.05, 0.1) is 0 Å². The largest absolute Gasteiger partial charge is 0.383 e. The Hall–Kier alpha value is -1.91. The third-order valence-corrected chi connectivity index (χ3v) is 2.49. The molecule has 5 nitrogen and oxygen atoms in total. The molecule has 0 amide bonds. The molecule has 0 saturated heterocycles. The Kier molecular flexibility index (Phi) is 3.14. The van der Waals surface area contributed by atoms with E-state index in [1.807, 2.05) is 24.3 Å². The fourth-order valence-electron chi connectivity index (χ4n) is 1.42. The first-order valence-electron chi connectivity index (χ1n) is 5.40. The van der Waals surface area contributed by atoms with Crippen molar-refractivity contribution < 1.29 is 0 Å². The van der Waals surface area contributed by atoms with E-state index in [0.29, 0.717) is 11.9 Å². The first-order chi connectivity index (χ1) is 7.79. The molecular weight excluding hydrogens is 202 g/mol. The highest BCUT2D eigenvalue weighted by atomic mass is 15.5. The quantitative estimate of drug-likeness (QED) is 0.822. The molecule has 1 unspecified atom stereocenters. The van der Waals surface area contributed by atoms with Crippen molar-refractivity contribution in [3.63, 3.8) is 0 Å². The Morgan fingerprint density at radius 1 is 1.44 bits per heavy atom. The van der Waals surface area contributed by atoms with E-state index in [4.69, 9.17) is 0 Å². The van der Waals surface area contributed by atoms with Gasteiger partial charge in [0.25, 0.3) is 0 Å². The highest BCUT2D eigenvalue weighted by molar-refractivity contribution is 5.61. The molecule has 0 aliphatic carbocycles. The smallest absolute Gasteiger partial charge is 0.204 e. The summed E-state index contributed by atoms with van der Waals surface area (Å²) in [4.78, 5) is 0. The van der Waals surface area contributed by atoms with Crippen molar-refractivity contribution in [1.29, 1.82) is 0 Å². The summed E-state index contributed by atoms with van der Waals surface area (Å²) in [7, 11) is 0. The summed E-state index contributed by atoms with van der Waals surface area (Å²) in [6.45, 7) is 4.31. The molecule has 1 heterocycles. The van der Waals surface area contributed by atoms with Gasteiger partial charge < -0.3 is 5.32 Å². The van der Waals surface area contributed by atoms with Crippen LogP contribution in [-0.4, -0.2) is 26.7 Å². The number of rotatable bonds is 4. The average Bonchev–Trinajstić information content (AvgIpc) is 2.83. The summed E-state index contributed by atoms with van der Waals surface area (Å²) < 4.78 is 0. The highest BCUT2D eigenvalue weighted by Gasteiger charge is 2.04. The van der Waals surface area contributed by atoms with Gasteiger partial charge >= 0.3 is 0 Å². The predicted molar refractivity (Wildman–Crippen MR) is 63.0 cm³/mol. The van der Waals surface area contributed by atoms with E-state index in [9.17, 15) is 0 Å². The normalized spacial score (nSPS) is 12.4. The molecule has 84 valence electrons. The van der Waals surface area contributed by atoms with Crippen molar-refractivity contribution >= 4 is 5.69 Å². The Morgan fingerprint density at radius 3 is 3.00 bits per heavy atom. The van der Waals surface area contributed by atoms with Crippen LogP contribution in [0.3, 0.4) is 0 Å². The average molecular weight is 217 g/mol. The maximum atomic E-state index is 3.95. The SMILES string of the molecule is CCC(C)Nc1cccc(-c2nn[nH]n2)c1. The lowest BCUT2D eigenvalue weighted by molar-refractivity contribution is 0.764.